The molecule has 19 heavy (non-hydrogen) atoms. The molecule has 0 spiro atoms. The summed E-state index contributed by atoms with van der Waals surface area (Å²) in [6.45, 7) is 1.11. The summed E-state index contributed by atoms with van der Waals surface area (Å²) >= 11 is 0. The molecule has 0 aliphatic carbocycles. The summed E-state index contributed by atoms with van der Waals surface area (Å²) < 4.78 is 23.2. The Morgan fingerprint density at radius 2 is 2.26 bits per heavy atom. The highest BCUT2D eigenvalue weighted by atomic mass is 19.1. The first-order chi connectivity index (χ1) is 9.06. The number of hydrogen-bond donors (Lipinski definition) is 1. The second kappa shape index (κ2) is 5.57. The monoisotopic (exact) mass is 266 g/mol. The van der Waals surface area contributed by atoms with Crippen molar-refractivity contribution in [2.75, 3.05) is 6.61 Å². The van der Waals surface area contributed by atoms with Crippen molar-refractivity contribution in [1.82, 2.24) is 10.2 Å². The first kappa shape index (κ1) is 13.2. The lowest BCUT2D eigenvalue weighted by Crippen LogP contribution is -2.06. The van der Waals surface area contributed by atoms with Crippen LogP contribution in [0.25, 0.3) is 11.5 Å². The summed E-state index contributed by atoms with van der Waals surface area (Å²) in [7, 11) is 0. The van der Waals surface area contributed by atoms with Crippen molar-refractivity contribution >= 4 is 5.97 Å². The molecule has 0 aliphatic rings. The van der Waals surface area contributed by atoms with Gasteiger partial charge in [0.2, 0.25) is 11.8 Å². The van der Waals surface area contributed by atoms with Gasteiger partial charge in [-0.25, -0.2) is 9.18 Å². The Balaban J connectivity index is 2.07. The van der Waals surface area contributed by atoms with Crippen LogP contribution in [0.5, 0.6) is 0 Å². The maximum atomic E-state index is 13.1. The normalized spacial score (nSPS) is 10.6. The van der Waals surface area contributed by atoms with E-state index >= 15 is 0 Å². The summed E-state index contributed by atoms with van der Waals surface area (Å²) in [4.78, 5) is 10.3. The van der Waals surface area contributed by atoms with Gasteiger partial charge in [-0.2, -0.15) is 0 Å². The van der Waals surface area contributed by atoms with Crippen LogP contribution in [-0.4, -0.2) is 27.9 Å². The number of carboxylic acids is 1. The predicted octanol–water partition coefficient (Wildman–Crippen LogP) is 1.79. The molecule has 0 saturated carbocycles. The molecule has 7 heteroatoms. The van der Waals surface area contributed by atoms with E-state index in [0.29, 0.717) is 11.1 Å². The molecule has 2 aromatic rings. The summed E-state index contributed by atoms with van der Waals surface area (Å²) in [5.74, 6) is -0.988. The third-order valence-electron chi connectivity index (χ3n) is 2.32. The fourth-order valence-corrected chi connectivity index (χ4v) is 1.43. The van der Waals surface area contributed by atoms with E-state index in [2.05, 4.69) is 10.2 Å². The average Bonchev–Trinajstić information content (AvgIpc) is 2.81. The van der Waals surface area contributed by atoms with E-state index in [-0.39, 0.29) is 24.2 Å². The number of benzene rings is 1. The Morgan fingerprint density at radius 1 is 1.47 bits per heavy atom. The van der Waals surface area contributed by atoms with Gasteiger partial charge in [-0.15, -0.1) is 10.2 Å². The number of ether oxygens (including phenoxy) is 1. The molecule has 1 aromatic carbocycles. The van der Waals surface area contributed by atoms with E-state index in [4.69, 9.17) is 14.3 Å². The second-order valence-corrected chi connectivity index (χ2v) is 3.85. The molecule has 0 radical (unpaired) electrons. The highest BCUT2D eigenvalue weighted by molar-refractivity contribution is 5.67. The Kier molecular flexibility index (Phi) is 3.86. The largest absolute Gasteiger partial charge is 0.480 e. The van der Waals surface area contributed by atoms with Gasteiger partial charge in [0.15, 0.2) is 0 Å². The van der Waals surface area contributed by atoms with Crippen LogP contribution >= 0.6 is 0 Å². The Labute approximate surface area is 107 Å². The number of aromatic nitrogens is 2. The van der Waals surface area contributed by atoms with Crippen LogP contribution in [0.2, 0.25) is 0 Å². The maximum absolute atomic E-state index is 13.1. The van der Waals surface area contributed by atoms with Gasteiger partial charge in [-0.05, 0) is 30.7 Å². The number of aliphatic carboxylic acids is 1. The third-order valence-corrected chi connectivity index (χ3v) is 2.32. The van der Waals surface area contributed by atoms with E-state index in [1.807, 2.05) is 0 Å². The van der Waals surface area contributed by atoms with Crippen LogP contribution in [0.15, 0.2) is 22.6 Å². The zero-order valence-electron chi connectivity index (χ0n) is 10.1. The topological polar surface area (TPSA) is 85.5 Å². The van der Waals surface area contributed by atoms with Gasteiger partial charge in [0.1, 0.15) is 19.0 Å². The van der Waals surface area contributed by atoms with Gasteiger partial charge in [-0.3, -0.25) is 0 Å². The quantitative estimate of drug-likeness (QED) is 0.887. The van der Waals surface area contributed by atoms with Crippen LogP contribution in [0, 0.1) is 12.7 Å². The van der Waals surface area contributed by atoms with Crippen LogP contribution < -0.4 is 0 Å². The molecule has 0 unspecified atom stereocenters. The van der Waals surface area contributed by atoms with Crippen molar-refractivity contribution in [1.29, 1.82) is 0 Å². The van der Waals surface area contributed by atoms with E-state index in [0.717, 1.165) is 0 Å². The molecule has 1 heterocycles. The molecule has 0 bridgehead atoms. The van der Waals surface area contributed by atoms with E-state index in [1.54, 1.807) is 13.0 Å². The summed E-state index contributed by atoms with van der Waals surface area (Å²) in [5, 5.41) is 15.9. The van der Waals surface area contributed by atoms with Crippen LogP contribution in [0.3, 0.4) is 0 Å². The van der Waals surface area contributed by atoms with Crippen molar-refractivity contribution < 1.29 is 23.4 Å². The Bertz CT molecular complexity index is 597. The number of carboxylic acid groups (broad SMARTS) is 1. The van der Waals surface area contributed by atoms with Gasteiger partial charge < -0.3 is 14.3 Å². The summed E-state index contributed by atoms with van der Waals surface area (Å²) in [6, 6.07) is 4.43. The van der Waals surface area contributed by atoms with Crippen molar-refractivity contribution in [2.24, 2.45) is 0 Å². The number of rotatable bonds is 5. The first-order valence-electron chi connectivity index (χ1n) is 5.44. The standard InChI is InChI=1S/C12H11FN2O4/c1-7-4-8(2-3-9(7)13)12-15-14-10(19-12)5-18-6-11(16)17/h2-4H,5-6H2,1H3,(H,16,17). The number of carbonyl (C=O) groups is 1. The van der Waals surface area contributed by atoms with E-state index < -0.39 is 12.6 Å². The second-order valence-electron chi connectivity index (χ2n) is 3.85. The van der Waals surface area contributed by atoms with E-state index in [1.165, 1.54) is 12.1 Å². The average molecular weight is 266 g/mol. The first-order valence-corrected chi connectivity index (χ1v) is 5.44. The highest BCUT2D eigenvalue weighted by Gasteiger charge is 2.10. The molecule has 100 valence electrons. The van der Waals surface area contributed by atoms with Crippen molar-refractivity contribution in [3.8, 4) is 11.5 Å². The van der Waals surface area contributed by atoms with Gasteiger partial charge in [0.05, 0.1) is 0 Å². The number of halogens is 1. The fraction of sp³-hybridized carbons (Fsp3) is 0.250. The van der Waals surface area contributed by atoms with Crippen LogP contribution in [0.4, 0.5) is 4.39 Å². The van der Waals surface area contributed by atoms with Gasteiger partial charge >= 0.3 is 5.97 Å². The molecule has 1 N–H and O–H groups in total. The van der Waals surface area contributed by atoms with Crippen molar-refractivity contribution in [3.63, 3.8) is 0 Å². The van der Waals surface area contributed by atoms with Crippen LogP contribution in [0.1, 0.15) is 11.5 Å². The maximum Gasteiger partial charge on any atom is 0.329 e. The SMILES string of the molecule is Cc1cc(-c2nnc(COCC(=O)O)o2)ccc1F. The third kappa shape index (κ3) is 3.35. The predicted molar refractivity (Wildman–Crippen MR) is 61.7 cm³/mol. The minimum atomic E-state index is -1.08. The molecule has 1 aromatic heterocycles. The lowest BCUT2D eigenvalue weighted by molar-refractivity contribution is -0.142. The minimum absolute atomic E-state index is 0.0839. The Hall–Kier alpha value is -2.28. The number of nitrogens with zero attached hydrogens (tertiary/aromatic N) is 2. The zero-order chi connectivity index (χ0) is 13.8. The van der Waals surface area contributed by atoms with Crippen LogP contribution in [-0.2, 0) is 16.1 Å². The highest BCUT2D eigenvalue weighted by Crippen LogP contribution is 2.20. The molecule has 2 rings (SSSR count). The molecule has 0 atom stereocenters. The molecule has 0 aliphatic heterocycles. The molecule has 0 fully saturated rings. The molecular formula is C12H11FN2O4. The lowest BCUT2D eigenvalue weighted by Gasteiger charge is -1.98. The zero-order valence-corrected chi connectivity index (χ0v) is 10.1. The smallest absolute Gasteiger partial charge is 0.329 e. The van der Waals surface area contributed by atoms with Crippen molar-refractivity contribution in [2.45, 2.75) is 13.5 Å². The summed E-state index contributed by atoms with van der Waals surface area (Å²) in [5.41, 5.74) is 1.07. The molecule has 6 nitrogen and oxygen atoms in total. The van der Waals surface area contributed by atoms with Gasteiger partial charge in [0.25, 0.3) is 0 Å². The molecule has 0 saturated heterocycles. The fourth-order valence-electron chi connectivity index (χ4n) is 1.43. The number of aryl methyl sites for hydroxylation is 1. The van der Waals surface area contributed by atoms with Gasteiger partial charge in [0, 0.05) is 5.56 Å². The molecule has 0 amide bonds. The van der Waals surface area contributed by atoms with Crippen molar-refractivity contribution in [3.05, 3.63) is 35.5 Å². The minimum Gasteiger partial charge on any atom is -0.480 e. The Morgan fingerprint density at radius 3 is 2.95 bits per heavy atom. The number of hydrogen-bond acceptors (Lipinski definition) is 5. The molecular weight excluding hydrogens is 255 g/mol. The summed E-state index contributed by atoms with van der Waals surface area (Å²) in [6.07, 6.45) is 0. The lowest BCUT2D eigenvalue weighted by atomic mass is 10.1. The van der Waals surface area contributed by atoms with Gasteiger partial charge in [-0.1, -0.05) is 0 Å². The van der Waals surface area contributed by atoms with E-state index in [9.17, 15) is 9.18 Å².